The molecule has 0 spiro atoms. The minimum atomic E-state index is -3.71. The highest BCUT2D eigenvalue weighted by Gasteiger charge is 2.08. The summed E-state index contributed by atoms with van der Waals surface area (Å²) in [6.45, 7) is 3.33. The Balaban J connectivity index is 2.52. The van der Waals surface area contributed by atoms with E-state index in [4.69, 9.17) is 5.14 Å². The Labute approximate surface area is 113 Å². The van der Waals surface area contributed by atoms with Crippen molar-refractivity contribution in [3.63, 3.8) is 0 Å². The molecule has 106 valence electrons. The fraction of sp³-hybridized carbons (Fsp3) is 0.417. The van der Waals surface area contributed by atoms with Gasteiger partial charge in [-0.3, -0.25) is 4.79 Å². The smallest absolute Gasteiger partial charge is 0.238 e. The summed E-state index contributed by atoms with van der Waals surface area (Å²) in [7, 11) is -3.71. The maximum atomic E-state index is 11.5. The lowest BCUT2D eigenvalue weighted by molar-refractivity contribution is -0.120. The van der Waals surface area contributed by atoms with Crippen LogP contribution in [0.4, 0.5) is 0 Å². The van der Waals surface area contributed by atoms with Gasteiger partial charge in [0.1, 0.15) is 0 Å². The SMILES string of the molecule is CCCNCC(=O)NCc1cccc(S(N)(=O)=O)c1. The second kappa shape index (κ2) is 7.22. The summed E-state index contributed by atoms with van der Waals surface area (Å²) in [5, 5.41) is 10.7. The van der Waals surface area contributed by atoms with E-state index >= 15 is 0 Å². The molecule has 0 atom stereocenters. The highest BCUT2D eigenvalue weighted by Crippen LogP contribution is 2.09. The molecule has 7 heteroatoms. The maximum absolute atomic E-state index is 11.5. The van der Waals surface area contributed by atoms with Gasteiger partial charge < -0.3 is 10.6 Å². The molecule has 0 aliphatic carbocycles. The number of nitrogens with one attached hydrogen (secondary N) is 2. The zero-order chi connectivity index (χ0) is 14.3. The Bertz CT molecular complexity index is 529. The number of carbonyl (C=O) groups is 1. The highest BCUT2D eigenvalue weighted by atomic mass is 32.2. The zero-order valence-electron chi connectivity index (χ0n) is 10.8. The van der Waals surface area contributed by atoms with E-state index in [9.17, 15) is 13.2 Å². The van der Waals surface area contributed by atoms with E-state index < -0.39 is 10.0 Å². The van der Waals surface area contributed by atoms with Crippen LogP contribution in [-0.2, 0) is 21.4 Å². The van der Waals surface area contributed by atoms with Gasteiger partial charge >= 0.3 is 0 Å². The third kappa shape index (κ3) is 5.82. The van der Waals surface area contributed by atoms with Crippen molar-refractivity contribution in [3.05, 3.63) is 29.8 Å². The largest absolute Gasteiger partial charge is 0.351 e. The molecule has 0 heterocycles. The van der Waals surface area contributed by atoms with Crippen LogP contribution in [0.1, 0.15) is 18.9 Å². The molecule has 0 aliphatic heterocycles. The molecule has 19 heavy (non-hydrogen) atoms. The molecule has 4 N–H and O–H groups in total. The fourth-order valence-electron chi connectivity index (χ4n) is 1.47. The average Bonchev–Trinajstić information content (AvgIpc) is 2.36. The minimum absolute atomic E-state index is 0.0448. The summed E-state index contributed by atoms with van der Waals surface area (Å²) in [4.78, 5) is 11.5. The van der Waals surface area contributed by atoms with Crippen molar-refractivity contribution < 1.29 is 13.2 Å². The van der Waals surface area contributed by atoms with Crippen LogP contribution in [0.2, 0.25) is 0 Å². The Hall–Kier alpha value is -1.44. The van der Waals surface area contributed by atoms with Crippen LogP contribution in [0.15, 0.2) is 29.2 Å². The van der Waals surface area contributed by atoms with Gasteiger partial charge in [-0.05, 0) is 30.7 Å². The van der Waals surface area contributed by atoms with Gasteiger partial charge in [-0.25, -0.2) is 13.6 Å². The number of primary sulfonamides is 1. The zero-order valence-corrected chi connectivity index (χ0v) is 11.7. The lowest BCUT2D eigenvalue weighted by Gasteiger charge is -2.07. The maximum Gasteiger partial charge on any atom is 0.238 e. The molecule has 0 fully saturated rings. The number of rotatable bonds is 7. The molecule has 1 aromatic carbocycles. The van der Waals surface area contributed by atoms with Gasteiger partial charge in [-0.2, -0.15) is 0 Å². The van der Waals surface area contributed by atoms with Gasteiger partial charge in [-0.15, -0.1) is 0 Å². The molecule has 0 saturated carbocycles. The number of nitrogens with two attached hydrogens (primary N) is 1. The van der Waals surface area contributed by atoms with E-state index in [0.717, 1.165) is 13.0 Å². The third-order valence-electron chi connectivity index (χ3n) is 2.43. The molecule has 0 unspecified atom stereocenters. The summed E-state index contributed by atoms with van der Waals surface area (Å²) in [5.41, 5.74) is 0.690. The van der Waals surface area contributed by atoms with Crippen molar-refractivity contribution in [2.75, 3.05) is 13.1 Å². The summed E-state index contributed by atoms with van der Waals surface area (Å²) in [6, 6.07) is 6.20. The number of carbonyl (C=O) groups excluding carboxylic acids is 1. The van der Waals surface area contributed by atoms with Crippen molar-refractivity contribution in [1.29, 1.82) is 0 Å². The predicted octanol–water partition coefficient (Wildman–Crippen LogP) is -0.0502. The third-order valence-corrected chi connectivity index (χ3v) is 3.34. The first-order chi connectivity index (χ1) is 8.93. The number of benzene rings is 1. The molecule has 0 bridgehead atoms. The molecule has 1 rings (SSSR count). The predicted molar refractivity (Wildman–Crippen MR) is 72.8 cm³/mol. The van der Waals surface area contributed by atoms with Crippen LogP contribution in [0.5, 0.6) is 0 Å². The first kappa shape index (κ1) is 15.6. The van der Waals surface area contributed by atoms with E-state index in [1.165, 1.54) is 12.1 Å². The Kier molecular flexibility index (Phi) is 5.94. The Morgan fingerprint density at radius 3 is 2.74 bits per heavy atom. The summed E-state index contributed by atoms with van der Waals surface area (Å²) < 4.78 is 22.4. The molecule has 0 aliphatic rings. The molecular formula is C12H19N3O3S. The lowest BCUT2D eigenvalue weighted by atomic mass is 10.2. The van der Waals surface area contributed by atoms with E-state index in [2.05, 4.69) is 10.6 Å². The average molecular weight is 285 g/mol. The lowest BCUT2D eigenvalue weighted by Crippen LogP contribution is -2.33. The minimum Gasteiger partial charge on any atom is -0.351 e. The fourth-order valence-corrected chi connectivity index (χ4v) is 2.06. The Morgan fingerprint density at radius 2 is 2.11 bits per heavy atom. The first-order valence-corrected chi connectivity index (χ1v) is 7.57. The highest BCUT2D eigenvalue weighted by molar-refractivity contribution is 7.89. The topological polar surface area (TPSA) is 101 Å². The van der Waals surface area contributed by atoms with Crippen LogP contribution in [0.3, 0.4) is 0 Å². The Morgan fingerprint density at radius 1 is 1.37 bits per heavy atom. The number of hydrogen-bond acceptors (Lipinski definition) is 4. The van der Waals surface area contributed by atoms with E-state index in [1.807, 2.05) is 6.92 Å². The van der Waals surface area contributed by atoms with Gasteiger partial charge in [0.25, 0.3) is 0 Å². The standard InChI is InChI=1S/C12H19N3O3S/c1-2-6-14-9-12(16)15-8-10-4-3-5-11(7-10)19(13,17)18/h3-5,7,14H,2,6,8-9H2,1H3,(H,15,16)(H2,13,17,18). The monoisotopic (exact) mass is 285 g/mol. The van der Waals surface area contributed by atoms with Crippen LogP contribution < -0.4 is 15.8 Å². The molecule has 0 radical (unpaired) electrons. The first-order valence-electron chi connectivity index (χ1n) is 6.02. The second-order valence-electron chi connectivity index (χ2n) is 4.15. The normalized spacial score (nSPS) is 11.3. The van der Waals surface area contributed by atoms with Gasteiger partial charge in [-0.1, -0.05) is 19.1 Å². The van der Waals surface area contributed by atoms with Crippen molar-refractivity contribution in [2.45, 2.75) is 24.8 Å². The van der Waals surface area contributed by atoms with Gasteiger partial charge in [0.05, 0.1) is 11.4 Å². The quantitative estimate of drug-likeness (QED) is 0.611. The summed E-state index contributed by atoms with van der Waals surface area (Å²) in [5.74, 6) is -0.130. The van der Waals surface area contributed by atoms with Gasteiger partial charge in [0, 0.05) is 6.54 Å². The van der Waals surface area contributed by atoms with E-state index in [-0.39, 0.29) is 23.9 Å². The molecule has 0 saturated heterocycles. The van der Waals surface area contributed by atoms with E-state index in [1.54, 1.807) is 12.1 Å². The van der Waals surface area contributed by atoms with Crippen LogP contribution in [0.25, 0.3) is 0 Å². The second-order valence-corrected chi connectivity index (χ2v) is 5.71. The van der Waals surface area contributed by atoms with E-state index in [0.29, 0.717) is 5.56 Å². The van der Waals surface area contributed by atoms with Crippen LogP contribution in [-0.4, -0.2) is 27.4 Å². The molecule has 1 amide bonds. The summed E-state index contributed by atoms with van der Waals surface area (Å²) in [6.07, 6.45) is 0.962. The molecular weight excluding hydrogens is 266 g/mol. The van der Waals surface area contributed by atoms with Crippen LogP contribution >= 0.6 is 0 Å². The van der Waals surface area contributed by atoms with Gasteiger partial charge in [0.15, 0.2) is 0 Å². The number of amides is 1. The number of sulfonamides is 1. The van der Waals surface area contributed by atoms with Gasteiger partial charge in [0.2, 0.25) is 15.9 Å². The number of hydrogen-bond donors (Lipinski definition) is 3. The van der Waals surface area contributed by atoms with Crippen molar-refractivity contribution in [2.24, 2.45) is 5.14 Å². The van der Waals surface area contributed by atoms with Crippen molar-refractivity contribution >= 4 is 15.9 Å². The molecule has 0 aromatic heterocycles. The van der Waals surface area contributed by atoms with Crippen molar-refractivity contribution in [3.8, 4) is 0 Å². The molecule has 6 nitrogen and oxygen atoms in total. The van der Waals surface area contributed by atoms with Crippen molar-refractivity contribution in [1.82, 2.24) is 10.6 Å². The summed E-state index contributed by atoms with van der Waals surface area (Å²) >= 11 is 0. The van der Waals surface area contributed by atoms with Crippen LogP contribution in [0, 0.1) is 0 Å². The molecule has 1 aromatic rings.